The van der Waals surface area contributed by atoms with Crippen LogP contribution in [0.1, 0.15) is 56.9 Å². The highest BCUT2D eigenvalue weighted by Crippen LogP contribution is 2.40. The molecule has 23 nitrogen and oxygen atoms in total. The number of non-ortho nitro benzene ring substituents is 1. The number of hydrogen-bond donors (Lipinski definition) is 0. The number of hydrogen-bond acceptors (Lipinski definition) is 23. The van der Waals surface area contributed by atoms with E-state index in [1.165, 1.54) is 42.5 Å². The van der Waals surface area contributed by atoms with Crippen molar-refractivity contribution in [2.45, 2.75) is 57.8 Å². The normalized spacial score (nSPS) is 16.8. The number of thiazole rings is 1. The van der Waals surface area contributed by atoms with Gasteiger partial charge >= 0.3 is 41.8 Å². The molecule has 5 aromatic rings. The average Bonchev–Trinajstić information content (AvgIpc) is 3.92. The van der Waals surface area contributed by atoms with Crippen molar-refractivity contribution in [2.24, 2.45) is 33.9 Å². The lowest BCUT2D eigenvalue weighted by Gasteiger charge is -2.26. The first kappa shape index (κ1) is 57.4. The van der Waals surface area contributed by atoms with Crippen LogP contribution in [0, 0.1) is 33.8 Å². The molecule has 412 valence electrons. The fourth-order valence-corrected chi connectivity index (χ4v) is 9.16. The number of nitro groups is 1. The van der Waals surface area contributed by atoms with Crippen LogP contribution in [-0.2, 0) is 58.9 Å². The van der Waals surface area contributed by atoms with E-state index in [1.807, 2.05) is 0 Å². The molecule has 0 radical (unpaired) electrons. The second kappa shape index (κ2) is 28.2. The van der Waals surface area contributed by atoms with E-state index < -0.39 is 84.0 Å². The standard InChI is InChI=1S/C55H52N4O19S/c1-4-46(60)73-30-70-40-20-22-41(23-21-40)76-52(64)35-9-7-34(8-10-35)51(63)69-28-27-33-15-25-44(49-50(33)79-55(56-49)58-57-38-16-18-39(19-17-38)59(67)68)78-54(66)37-13-11-36(12-14-37)53(65)77-42-24-26-43(71-31-74-47(61)5-2)45(29-42)72-32-75-48(62)6-3/h4-6,15-26,29,34-37H,1-3,7-14,27-28,30-32H2/b58-57+. The Kier molecular flexibility index (Phi) is 20.5. The Morgan fingerprint density at radius 3 is 1.59 bits per heavy atom. The number of fused-ring (bicyclic) bond motifs is 1. The summed E-state index contributed by atoms with van der Waals surface area (Å²) in [7, 11) is 0. The maximum Gasteiger partial charge on any atom is 0.333 e. The molecule has 0 unspecified atom stereocenters. The molecule has 0 bridgehead atoms. The van der Waals surface area contributed by atoms with Crippen molar-refractivity contribution in [2.75, 3.05) is 27.0 Å². The molecule has 24 heteroatoms. The zero-order valence-corrected chi connectivity index (χ0v) is 43.1. The Balaban J connectivity index is 0.938. The zero-order valence-electron chi connectivity index (χ0n) is 42.3. The molecule has 1 aromatic heterocycles. The lowest BCUT2D eigenvalue weighted by molar-refractivity contribution is -0.384. The van der Waals surface area contributed by atoms with Crippen LogP contribution in [0.5, 0.6) is 34.5 Å². The van der Waals surface area contributed by atoms with Gasteiger partial charge in [-0.1, -0.05) is 37.1 Å². The Bertz CT molecular complexity index is 3100. The van der Waals surface area contributed by atoms with Gasteiger partial charge in [-0.05, 0) is 112 Å². The van der Waals surface area contributed by atoms with E-state index >= 15 is 0 Å². The number of aromatic nitrogens is 1. The minimum absolute atomic E-state index is 0.00364. The Morgan fingerprint density at radius 2 is 1.04 bits per heavy atom. The molecule has 2 saturated carbocycles. The molecule has 0 aliphatic heterocycles. The zero-order chi connectivity index (χ0) is 56.3. The van der Waals surface area contributed by atoms with E-state index in [1.54, 1.807) is 36.4 Å². The van der Waals surface area contributed by atoms with Crippen molar-refractivity contribution in [3.8, 4) is 34.5 Å². The lowest BCUT2D eigenvalue weighted by atomic mass is 9.82. The number of nitrogens with zero attached hydrogens (tertiary/aromatic N) is 4. The summed E-state index contributed by atoms with van der Waals surface area (Å²) < 4.78 is 54.4. The maximum atomic E-state index is 13.8. The number of carbonyl (C=O) groups is 7. The first-order valence-electron chi connectivity index (χ1n) is 24.6. The molecule has 0 atom stereocenters. The van der Waals surface area contributed by atoms with Gasteiger partial charge in [0.15, 0.2) is 17.2 Å². The van der Waals surface area contributed by atoms with Crippen molar-refractivity contribution in [3.05, 3.63) is 133 Å². The van der Waals surface area contributed by atoms with Crippen LogP contribution in [0.15, 0.2) is 127 Å². The minimum Gasteiger partial charge on any atom is -0.465 e. The van der Waals surface area contributed by atoms with E-state index in [9.17, 15) is 43.7 Å². The van der Waals surface area contributed by atoms with E-state index in [0.29, 0.717) is 84.3 Å². The van der Waals surface area contributed by atoms with Crippen LogP contribution in [0.4, 0.5) is 16.5 Å². The van der Waals surface area contributed by atoms with Gasteiger partial charge in [-0.25, -0.2) is 19.4 Å². The van der Waals surface area contributed by atoms with Gasteiger partial charge in [-0.3, -0.25) is 29.3 Å². The van der Waals surface area contributed by atoms with Gasteiger partial charge in [0.25, 0.3) is 5.69 Å². The third kappa shape index (κ3) is 16.6. The number of benzene rings is 4. The molecule has 1 heterocycles. The molecule has 0 N–H and O–H groups in total. The maximum absolute atomic E-state index is 13.8. The first-order valence-corrected chi connectivity index (χ1v) is 25.4. The number of esters is 7. The number of nitro benzene ring substituents is 1. The first-order chi connectivity index (χ1) is 38.2. The Morgan fingerprint density at radius 1 is 0.557 bits per heavy atom. The van der Waals surface area contributed by atoms with Crippen molar-refractivity contribution in [1.82, 2.24) is 4.98 Å². The smallest absolute Gasteiger partial charge is 0.333 e. The monoisotopic (exact) mass is 1100 g/mol. The minimum atomic E-state index is -0.749. The summed E-state index contributed by atoms with van der Waals surface area (Å²) in [5, 5.41) is 19.8. The predicted octanol–water partition coefficient (Wildman–Crippen LogP) is 9.63. The molecule has 2 aliphatic rings. The SMILES string of the molecule is C=CC(=O)OCOc1ccc(OC(=O)C2CCC(C(=O)OCCc3ccc(OC(=O)C4CCC(C(=O)Oc5ccc(OCOC(=O)C=C)c(OCOC(=O)C=C)c5)CC4)c4nc(/N=N/c5ccc([N+](=O)[O-])cc5)sc34)CC2)cc1. The number of azo groups is 1. The largest absolute Gasteiger partial charge is 0.465 e. The van der Waals surface area contributed by atoms with Crippen LogP contribution in [0.3, 0.4) is 0 Å². The highest BCUT2D eigenvalue weighted by atomic mass is 32.1. The summed E-state index contributed by atoms with van der Waals surface area (Å²) in [6, 6.07) is 19.2. The fourth-order valence-electron chi connectivity index (χ4n) is 8.21. The quantitative estimate of drug-likeness (QED) is 0.00767. The second-order valence-corrected chi connectivity index (χ2v) is 18.5. The summed E-state index contributed by atoms with van der Waals surface area (Å²) in [5.74, 6) is -5.01. The van der Waals surface area contributed by atoms with Crippen LogP contribution in [0.2, 0.25) is 0 Å². The summed E-state index contributed by atoms with van der Waals surface area (Å²) >= 11 is 1.15. The van der Waals surface area contributed by atoms with Gasteiger partial charge in [0.05, 0.1) is 45.6 Å². The molecule has 7 rings (SSSR count). The summed E-state index contributed by atoms with van der Waals surface area (Å²) in [6.45, 7) is 8.62. The number of ether oxygens (including phenoxy) is 10. The summed E-state index contributed by atoms with van der Waals surface area (Å²) in [5.41, 5.74) is 1.22. The molecule has 79 heavy (non-hydrogen) atoms. The van der Waals surface area contributed by atoms with Crippen LogP contribution >= 0.6 is 11.3 Å². The molecular weight excluding hydrogens is 1050 g/mol. The number of carbonyl (C=O) groups excluding carboxylic acids is 7. The van der Waals surface area contributed by atoms with Crippen molar-refractivity contribution in [3.63, 3.8) is 0 Å². The molecule has 0 spiro atoms. The van der Waals surface area contributed by atoms with Crippen molar-refractivity contribution >= 4 is 79.8 Å². The highest BCUT2D eigenvalue weighted by Gasteiger charge is 2.34. The fraction of sp³-hybridized carbons (Fsp3) is 0.309. The molecule has 0 amide bonds. The predicted molar refractivity (Wildman–Crippen MR) is 278 cm³/mol. The third-order valence-electron chi connectivity index (χ3n) is 12.4. The van der Waals surface area contributed by atoms with E-state index in [0.717, 1.165) is 29.6 Å². The van der Waals surface area contributed by atoms with E-state index in [4.69, 9.17) is 47.4 Å². The van der Waals surface area contributed by atoms with E-state index in [-0.39, 0.29) is 53.6 Å². The summed E-state index contributed by atoms with van der Waals surface area (Å²) in [4.78, 5) is 103. The summed E-state index contributed by atoms with van der Waals surface area (Å²) in [6.07, 6.45) is 6.05. The number of rotatable bonds is 25. The van der Waals surface area contributed by atoms with Crippen LogP contribution in [-0.4, -0.2) is 78.7 Å². The molecule has 0 saturated heterocycles. The van der Waals surface area contributed by atoms with E-state index in [2.05, 4.69) is 34.9 Å². The van der Waals surface area contributed by atoms with Crippen LogP contribution < -0.4 is 28.4 Å². The van der Waals surface area contributed by atoms with Gasteiger partial charge < -0.3 is 47.4 Å². The Labute approximate surface area is 454 Å². The van der Waals surface area contributed by atoms with Gasteiger partial charge in [0.2, 0.25) is 25.5 Å². The van der Waals surface area contributed by atoms with Gasteiger partial charge in [0.1, 0.15) is 22.8 Å². The second-order valence-electron chi connectivity index (χ2n) is 17.5. The van der Waals surface area contributed by atoms with Crippen molar-refractivity contribution < 1.29 is 85.9 Å². The van der Waals surface area contributed by atoms with Gasteiger partial charge in [0, 0.05) is 42.8 Å². The lowest BCUT2D eigenvalue weighted by Crippen LogP contribution is -2.30. The van der Waals surface area contributed by atoms with Gasteiger partial charge in [-0.2, -0.15) is 0 Å². The van der Waals surface area contributed by atoms with Crippen molar-refractivity contribution in [1.29, 1.82) is 0 Å². The molecular formula is C55H52N4O19S. The topological polar surface area (TPSA) is 293 Å². The molecule has 4 aromatic carbocycles. The molecule has 2 aliphatic carbocycles. The Hall–Kier alpha value is -9.32. The van der Waals surface area contributed by atoms with Crippen LogP contribution in [0.25, 0.3) is 10.2 Å². The highest BCUT2D eigenvalue weighted by molar-refractivity contribution is 7.22. The van der Waals surface area contributed by atoms with Gasteiger partial charge in [-0.15, -0.1) is 10.2 Å². The molecule has 2 fully saturated rings. The third-order valence-corrected chi connectivity index (χ3v) is 13.5. The average molecular weight is 1110 g/mol.